The van der Waals surface area contributed by atoms with Gasteiger partial charge in [-0.2, -0.15) is 0 Å². The summed E-state index contributed by atoms with van der Waals surface area (Å²) in [6.07, 6.45) is 0. The van der Waals surface area contributed by atoms with Crippen molar-refractivity contribution in [3.05, 3.63) is 20.8 Å². The molecule has 0 bridgehead atoms. The van der Waals surface area contributed by atoms with Crippen LogP contribution in [0.4, 0.5) is 0 Å². The van der Waals surface area contributed by atoms with E-state index in [1.54, 1.807) is 30.2 Å². The van der Waals surface area contributed by atoms with E-state index in [4.69, 9.17) is 5.73 Å². The summed E-state index contributed by atoms with van der Waals surface area (Å²) in [6.45, 7) is 2.32. The molecule has 1 amide bonds. The zero-order valence-electron chi connectivity index (χ0n) is 8.16. The van der Waals surface area contributed by atoms with Crippen molar-refractivity contribution in [2.24, 2.45) is 5.73 Å². The van der Waals surface area contributed by atoms with Gasteiger partial charge in [0, 0.05) is 11.9 Å². The van der Waals surface area contributed by atoms with Gasteiger partial charge in [0.2, 0.25) is 5.91 Å². The maximum absolute atomic E-state index is 11.4. The Balaban J connectivity index is 2.57. The molecule has 1 aromatic rings. The van der Waals surface area contributed by atoms with Crippen LogP contribution in [0.2, 0.25) is 0 Å². The van der Waals surface area contributed by atoms with Crippen LogP contribution in [-0.2, 0) is 11.3 Å². The van der Waals surface area contributed by atoms with E-state index in [-0.39, 0.29) is 5.91 Å². The van der Waals surface area contributed by atoms with Crippen LogP contribution in [0.25, 0.3) is 0 Å². The molecule has 3 nitrogen and oxygen atoms in total. The molecule has 0 fully saturated rings. The summed E-state index contributed by atoms with van der Waals surface area (Å²) in [7, 11) is 1.76. The first-order valence-corrected chi connectivity index (χ1v) is 5.86. The average molecular weight is 277 g/mol. The van der Waals surface area contributed by atoms with Crippen LogP contribution in [0, 0.1) is 0 Å². The van der Waals surface area contributed by atoms with Gasteiger partial charge >= 0.3 is 0 Å². The van der Waals surface area contributed by atoms with Gasteiger partial charge in [0.1, 0.15) is 0 Å². The van der Waals surface area contributed by atoms with Gasteiger partial charge in [-0.05, 0) is 35.0 Å². The molecule has 0 aliphatic heterocycles. The van der Waals surface area contributed by atoms with Gasteiger partial charge in [0.15, 0.2) is 0 Å². The number of rotatable bonds is 3. The first-order valence-electron chi connectivity index (χ1n) is 4.25. The fourth-order valence-corrected chi connectivity index (χ4v) is 2.63. The van der Waals surface area contributed by atoms with Gasteiger partial charge in [-0.3, -0.25) is 4.79 Å². The van der Waals surface area contributed by atoms with E-state index in [2.05, 4.69) is 15.9 Å². The standard InChI is InChI=1S/C9H13BrN2OS/c1-6(11)9(13)12(2)5-7-3-4-8(10)14-7/h3-4,6H,5,11H2,1-2H3/t6-/m1/s1. The van der Waals surface area contributed by atoms with Crippen LogP contribution in [0.15, 0.2) is 15.9 Å². The lowest BCUT2D eigenvalue weighted by molar-refractivity contribution is -0.131. The number of amides is 1. The molecule has 14 heavy (non-hydrogen) atoms. The highest BCUT2D eigenvalue weighted by molar-refractivity contribution is 9.11. The topological polar surface area (TPSA) is 46.3 Å². The first kappa shape index (κ1) is 11.7. The minimum atomic E-state index is -0.427. The third kappa shape index (κ3) is 3.08. The van der Waals surface area contributed by atoms with Crippen molar-refractivity contribution in [1.82, 2.24) is 4.90 Å². The minimum absolute atomic E-state index is 0.0328. The van der Waals surface area contributed by atoms with Gasteiger partial charge in [0.25, 0.3) is 0 Å². The fraction of sp³-hybridized carbons (Fsp3) is 0.444. The average Bonchev–Trinajstić information content (AvgIpc) is 2.49. The molecule has 0 aliphatic carbocycles. The number of hydrogen-bond acceptors (Lipinski definition) is 3. The summed E-state index contributed by atoms with van der Waals surface area (Å²) in [6, 6.07) is 3.55. The molecule has 0 radical (unpaired) electrons. The number of thiophene rings is 1. The van der Waals surface area contributed by atoms with Crippen molar-refractivity contribution in [1.29, 1.82) is 0 Å². The molecular formula is C9H13BrN2OS. The number of likely N-dealkylation sites (N-methyl/N-ethyl adjacent to an activating group) is 1. The summed E-state index contributed by atoms with van der Waals surface area (Å²) in [5, 5.41) is 0. The van der Waals surface area contributed by atoms with Crippen molar-refractivity contribution >= 4 is 33.2 Å². The zero-order chi connectivity index (χ0) is 10.7. The van der Waals surface area contributed by atoms with Crippen LogP contribution in [0.5, 0.6) is 0 Å². The predicted molar refractivity (Wildman–Crippen MR) is 62.1 cm³/mol. The van der Waals surface area contributed by atoms with Crippen molar-refractivity contribution in [3.8, 4) is 0 Å². The Hall–Kier alpha value is -0.390. The molecule has 0 unspecified atom stereocenters. The molecule has 5 heteroatoms. The van der Waals surface area contributed by atoms with E-state index in [1.165, 1.54) is 0 Å². The largest absolute Gasteiger partial charge is 0.339 e. The number of carbonyl (C=O) groups is 1. The molecule has 0 aromatic carbocycles. The third-order valence-electron chi connectivity index (χ3n) is 1.79. The molecule has 0 aliphatic rings. The van der Waals surface area contributed by atoms with Crippen molar-refractivity contribution < 1.29 is 4.79 Å². The molecule has 1 heterocycles. The molecule has 0 saturated heterocycles. The van der Waals surface area contributed by atoms with E-state index < -0.39 is 6.04 Å². The monoisotopic (exact) mass is 276 g/mol. The zero-order valence-corrected chi connectivity index (χ0v) is 10.6. The Kier molecular flexibility index (Phi) is 4.10. The summed E-state index contributed by atoms with van der Waals surface area (Å²) in [5.74, 6) is -0.0328. The lowest BCUT2D eigenvalue weighted by Crippen LogP contribution is -2.39. The molecule has 1 rings (SSSR count). The number of carbonyl (C=O) groups excluding carboxylic acids is 1. The summed E-state index contributed by atoms with van der Waals surface area (Å²) >= 11 is 5.01. The van der Waals surface area contributed by atoms with Gasteiger partial charge in [0.05, 0.1) is 16.4 Å². The predicted octanol–water partition coefficient (Wildman–Crippen LogP) is 1.82. The van der Waals surface area contributed by atoms with Gasteiger partial charge in [-0.1, -0.05) is 0 Å². The fourth-order valence-electron chi connectivity index (χ4n) is 1.10. The summed E-state index contributed by atoms with van der Waals surface area (Å²) < 4.78 is 1.08. The second kappa shape index (κ2) is 4.91. The maximum atomic E-state index is 11.4. The molecule has 2 N–H and O–H groups in total. The van der Waals surface area contributed by atoms with Crippen molar-refractivity contribution in [2.75, 3.05) is 7.05 Å². The van der Waals surface area contributed by atoms with Gasteiger partial charge in [-0.15, -0.1) is 11.3 Å². The quantitative estimate of drug-likeness (QED) is 0.916. The van der Waals surface area contributed by atoms with Crippen LogP contribution in [0.3, 0.4) is 0 Å². The van der Waals surface area contributed by atoms with E-state index in [0.29, 0.717) is 6.54 Å². The van der Waals surface area contributed by atoms with E-state index >= 15 is 0 Å². The Labute approximate surface area is 96.0 Å². The van der Waals surface area contributed by atoms with Crippen molar-refractivity contribution in [2.45, 2.75) is 19.5 Å². The number of nitrogens with two attached hydrogens (primary N) is 1. The Morgan fingerprint density at radius 2 is 2.36 bits per heavy atom. The lowest BCUT2D eigenvalue weighted by atomic mass is 10.3. The molecule has 0 saturated carbocycles. The Bertz CT molecular complexity index is 324. The van der Waals surface area contributed by atoms with E-state index in [9.17, 15) is 4.79 Å². The van der Waals surface area contributed by atoms with Gasteiger partial charge < -0.3 is 10.6 Å². The third-order valence-corrected chi connectivity index (χ3v) is 3.40. The van der Waals surface area contributed by atoms with E-state index in [1.807, 2.05) is 12.1 Å². The second-order valence-corrected chi connectivity index (χ2v) is 5.74. The van der Waals surface area contributed by atoms with Crippen LogP contribution in [-0.4, -0.2) is 23.9 Å². The number of halogens is 1. The number of hydrogen-bond donors (Lipinski definition) is 1. The maximum Gasteiger partial charge on any atom is 0.239 e. The Morgan fingerprint density at radius 1 is 1.71 bits per heavy atom. The SMILES string of the molecule is C[C@@H](N)C(=O)N(C)Cc1ccc(Br)s1. The molecule has 1 aromatic heterocycles. The second-order valence-electron chi connectivity index (χ2n) is 3.19. The molecule has 1 atom stereocenters. The summed E-state index contributed by atoms with van der Waals surface area (Å²) in [5.41, 5.74) is 5.50. The van der Waals surface area contributed by atoms with Crippen LogP contribution < -0.4 is 5.73 Å². The highest BCUT2D eigenvalue weighted by Crippen LogP contribution is 2.22. The van der Waals surface area contributed by atoms with Gasteiger partial charge in [-0.25, -0.2) is 0 Å². The number of nitrogens with zero attached hydrogens (tertiary/aromatic N) is 1. The normalized spacial score (nSPS) is 12.6. The summed E-state index contributed by atoms with van der Waals surface area (Å²) in [4.78, 5) is 14.2. The Morgan fingerprint density at radius 3 is 2.79 bits per heavy atom. The first-order chi connectivity index (χ1) is 6.50. The van der Waals surface area contributed by atoms with Crippen LogP contribution >= 0.6 is 27.3 Å². The molecular weight excluding hydrogens is 264 g/mol. The smallest absolute Gasteiger partial charge is 0.239 e. The van der Waals surface area contributed by atoms with Crippen molar-refractivity contribution in [3.63, 3.8) is 0 Å². The molecule has 78 valence electrons. The lowest BCUT2D eigenvalue weighted by Gasteiger charge is -2.18. The highest BCUT2D eigenvalue weighted by Gasteiger charge is 2.13. The van der Waals surface area contributed by atoms with E-state index in [0.717, 1.165) is 8.66 Å². The minimum Gasteiger partial charge on any atom is -0.339 e. The highest BCUT2D eigenvalue weighted by atomic mass is 79.9. The molecule has 0 spiro atoms. The van der Waals surface area contributed by atoms with Crippen LogP contribution in [0.1, 0.15) is 11.8 Å².